The van der Waals surface area contributed by atoms with Crippen molar-refractivity contribution < 1.29 is 0 Å². The van der Waals surface area contributed by atoms with E-state index in [9.17, 15) is 0 Å². The van der Waals surface area contributed by atoms with Gasteiger partial charge >= 0.3 is 0 Å². The first-order chi connectivity index (χ1) is 7.52. The van der Waals surface area contributed by atoms with Gasteiger partial charge in [-0.1, -0.05) is 0 Å². The molecule has 0 bridgehead atoms. The Morgan fingerprint density at radius 1 is 1.06 bits per heavy atom. The van der Waals surface area contributed by atoms with E-state index in [2.05, 4.69) is 15.1 Å². The molecule has 5 heteroatoms. The Balaban J connectivity index is 2.68. The highest BCUT2D eigenvalue weighted by molar-refractivity contribution is 5.48. The zero-order valence-corrected chi connectivity index (χ0v) is 9.94. The van der Waals surface area contributed by atoms with Crippen molar-refractivity contribution in [3.8, 4) is 5.82 Å². The summed E-state index contributed by atoms with van der Waals surface area (Å²) >= 11 is 0. The van der Waals surface area contributed by atoms with E-state index in [-0.39, 0.29) is 0 Å². The minimum absolute atomic E-state index is 0.496. The van der Waals surface area contributed by atoms with E-state index in [4.69, 9.17) is 5.73 Å². The lowest BCUT2D eigenvalue weighted by atomic mass is 10.2. The van der Waals surface area contributed by atoms with Crippen LogP contribution in [0.25, 0.3) is 5.82 Å². The van der Waals surface area contributed by atoms with Gasteiger partial charge < -0.3 is 5.73 Å². The molecule has 0 saturated heterocycles. The van der Waals surface area contributed by atoms with E-state index in [1.165, 1.54) is 11.9 Å². The van der Waals surface area contributed by atoms with Crippen LogP contribution in [0, 0.1) is 27.7 Å². The minimum Gasteiger partial charge on any atom is -0.383 e. The minimum atomic E-state index is 0.496. The van der Waals surface area contributed by atoms with Gasteiger partial charge in [-0.25, -0.2) is 14.6 Å². The number of nitrogen functional groups attached to an aromatic ring is 1. The summed E-state index contributed by atoms with van der Waals surface area (Å²) in [7, 11) is 0. The van der Waals surface area contributed by atoms with Gasteiger partial charge in [-0.05, 0) is 33.3 Å². The van der Waals surface area contributed by atoms with E-state index in [0.717, 1.165) is 22.8 Å². The molecule has 0 aliphatic rings. The van der Waals surface area contributed by atoms with Crippen molar-refractivity contribution in [3.63, 3.8) is 0 Å². The number of hydrogen-bond acceptors (Lipinski definition) is 4. The van der Waals surface area contributed by atoms with Gasteiger partial charge in [0, 0.05) is 11.3 Å². The molecule has 0 fully saturated rings. The first-order valence-corrected chi connectivity index (χ1v) is 5.12. The number of anilines is 1. The summed E-state index contributed by atoms with van der Waals surface area (Å²) in [5.41, 5.74) is 9.88. The van der Waals surface area contributed by atoms with E-state index in [0.29, 0.717) is 5.82 Å². The molecule has 2 N–H and O–H groups in total. The second-order valence-corrected chi connectivity index (χ2v) is 3.92. The predicted molar refractivity (Wildman–Crippen MR) is 62.5 cm³/mol. The molecule has 2 heterocycles. The van der Waals surface area contributed by atoms with Crippen molar-refractivity contribution in [2.45, 2.75) is 27.7 Å². The number of aryl methyl sites for hydroxylation is 1. The quantitative estimate of drug-likeness (QED) is 0.785. The normalized spacial score (nSPS) is 10.8. The van der Waals surface area contributed by atoms with Gasteiger partial charge in [0.2, 0.25) is 0 Å². The Labute approximate surface area is 94.3 Å². The molecule has 16 heavy (non-hydrogen) atoms. The fourth-order valence-electron chi connectivity index (χ4n) is 1.59. The highest BCUT2D eigenvalue weighted by Gasteiger charge is 2.13. The van der Waals surface area contributed by atoms with Gasteiger partial charge in [-0.2, -0.15) is 5.10 Å². The lowest BCUT2D eigenvalue weighted by molar-refractivity contribution is 0.793. The summed E-state index contributed by atoms with van der Waals surface area (Å²) in [6.07, 6.45) is 1.46. The fourth-order valence-corrected chi connectivity index (χ4v) is 1.59. The van der Waals surface area contributed by atoms with Crippen molar-refractivity contribution in [2.24, 2.45) is 0 Å². The van der Waals surface area contributed by atoms with Crippen molar-refractivity contribution in [3.05, 3.63) is 28.8 Å². The Hall–Kier alpha value is -1.91. The summed E-state index contributed by atoms with van der Waals surface area (Å²) in [5.74, 6) is 1.25. The van der Waals surface area contributed by atoms with E-state index >= 15 is 0 Å². The maximum Gasteiger partial charge on any atom is 0.162 e. The third-order valence-corrected chi connectivity index (χ3v) is 2.95. The van der Waals surface area contributed by atoms with Crippen molar-refractivity contribution >= 4 is 5.82 Å². The van der Waals surface area contributed by atoms with Gasteiger partial charge in [-0.15, -0.1) is 0 Å². The van der Waals surface area contributed by atoms with Gasteiger partial charge in [0.05, 0.1) is 5.69 Å². The lowest BCUT2D eigenvalue weighted by Gasteiger charge is -2.07. The largest absolute Gasteiger partial charge is 0.383 e. The SMILES string of the molecule is Cc1nn(-c2ncnc(N)c2C)c(C)c1C. The van der Waals surface area contributed by atoms with Crippen LogP contribution >= 0.6 is 0 Å². The molecule has 0 saturated carbocycles. The van der Waals surface area contributed by atoms with Crippen LogP contribution < -0.4 is 5.73 Å². The monoisotopic (exact) mass is 217 g/mol. The Kier molecular flexibility index (Phi) is 2.38. The fraction of sp³-hybridized carbons (Fsp3) is 0.364. The van der Waals surface area contributed by atoms with Gasteiger partial charge in [0.15, 0.2) is 5.82 Å². The highest BCUT2D eigenvalue weighted by atomic mass is 15.3. The Bertz CT molecular complexity index is 542. The molecule has 2 rings (SSSR count). The van der Waals surface area contributed by atoms with Gasteiger partial charge in [0.25, 0.3) is 0 Å². The van der Waals surface area contributed by atoms with E-state index < -0.39 is 0 Å². The first kappa shape index (κ1) is 10.6. The molecular weight excluding hydrogens is 202 g/mol. The van der Waals surface area contributed by atoms with Crippen molar-refractivity contribution in [1.82, 2.24) is 19.7 Å². The van der Waals surface area contributed by atoms with E-state index in [1.807, 2.05) is 32.4 Å². The molecule has 84 valence electrons. The van der Waals surface area contributed by atoms with Crippen molar-refractivity contribution in [1.29, 1.82) is 0 Å². The molecule has 0 aliphatic heterocycles. The smallest absolute Gasteiger partial charge is 0.162 e. The molecule has 2 aromatic heterocycles. The molecule has 0 radical (unpaired) electrons. The second-order valence-electron chi connectivity index (χ2n) is 3.92. The summed E-state index contributed by atoms with van der Waals surface area (Å²) in [6, 6.07) is 0. The van der Waals surface area contributed by atoms with Crippen LogP contribution in [0.2, 0.25) is 0 Å². The standard InChI is InChI=1S/C11H15N5/c1-6-8(3)15-16(9(6)4)11-7(2)10(12)13-5-14-11/h5H,1-4H3,(H2,12,13,14). The average molecular weight is 217 g/mol. The molecule has 0 spiro atoms. The molecule has 5 nitrogen and oxygen atoms in total. The van der Waals surface area contributed by atoms with Crippen LogP contribution in [0.1, 0.15) is 22.5 Å². The Morgan fingerprint density at radius 3 is 2.31 bits per heavy atom. The highest BCUT2D eigenvalue weighted by Crippen LogP contribution is 2.19. The van der Waals surface area contributed by atoms with Gasteiger partial charge in [0.1, 0.15) is 12.1 Å². The van der Waals surface area contributed by atoms with Crippen LogP contribution in [0.3, 0.4) is 0 Å². The maximum absolute atomic E-state index is 5.76. The number of rotatable bonds is 1. The topological polar surface area (TPSA) is 69.6 Å². The van der Waals surface area contributed by atoms with Crippen LogP contribution in [0.4, 0.5) is 5.82 Å². The molecule has 0 aromatic carbocycles. The number of aromatic nitrogens is 4. The molecule has 0 unspecified atom stereocenters. The maximum atomic E-state index is 5.76. The molecule has 2 aromatic rings. The third-order valence-electron chi connectivity index (χ3n) is 2.95. The summed E-state index contributed by atoms with van der Waals surface area (Å²) < 4.78 is 1.82. The number of nitrogens with zero attached hydrogens (tertiary/aromatic N) is 4. The molecule has 0 atom stereocenters. The predicted octanol–water partition coefficient (Wildman–Crippen LogP) is 1.48. The van der Waals surface area contributed by atoms with Crippen molar-refractivity contribution in [2.75, 3.05) is 5.73 Å². The number of hydrogen-bond donors (Lipinski definition) is 1. The zero-order valence-electron chi connectivity index (χ0n) is 9.94. The Morgan fingerprint density at radius 2 is 1.75 bits per heavy atom. The van der Waals surface area contributed by atoms with Crippen LogP contribution in [-0.2, 0) is 0 Å². The van der Waals surface area contributed by atoms with E-state index in [1.54, 1.807) is 0 Å². The van der Waals surface area contributed by atoms with Crippen LogP contribution in [-0.4, -0.2) is 19.7 Å². The van der Waals surface area contributed by atoms with Crippen LogP contribution in [0.5, 0.6) is 0 Å². The second kappa shape index (κ2) is 3.59. The van der Waals surface area contributed by atoms with Gasteiger partial charge in [-0.3, -0.25) is 0 Å². The lowest BCUT2D eigenvalue weighted by Crippen LogP contribution is -2.07. The first-order valence-electron chi connectivity index (χ1n) is 5.12. The van der Waals surface area contributed by atoms with Crippen LogP contribution in [0.15, 0.2) is 6.33 Å². The molecule has 0 amide bonds. The zero-order chi connectivity index (χ0) is 11.9. The molecule has 0 aliphatic carbocycles. The average Bonchev–Trinajstić information content (AvgIpc) is 2.50. The summed E-state index contributed by atoms with van der Waals surface area (Å²) in [5, 5.41) is 4.45. The summed E-state index contributed by atoms with van der Waals surface area (Å²) in [6.45, 7) is 7.95. The summed E-state index contributed by atoms with van der Waals surface area (Å²) in [4.78, 5) is 8.18. The third kappa shape index (κ3) is 1.44. The molecular formula is C11H15N5. The number of nitrogens with two attached hydrogens (primary N) is 1.